The zero-order valence-corrected chi connectivity index (χ0v) is 12.8. The molecule has 0 atom stereocenters. The van der Waals surface area contributed by atoms with E-state index >= 15 is 0 Å². The second-order valence-corrected chi connectivity index (χ2v) is 7.33. The average Bonchev–Trinajstić information content (AvgIpc) is 2.95. The minimum absolute atomic E-state index is 0.0468. The Morgan fingerprint density at radius 1 is 1.38 bits per heavy atom. The molecular weight excluding hydrogens is 292 g/mol. The van der Waals surface area contributed by atoms with Gasteiger partial charge in [-0.1, -0.05) is 12.8 Å². The smallest absolute Gasteiger partial charge is 0.335 e. The third-order valence-electron chi connectivity index (χ3n) is 3.86. The molecule has 0 unspecified atom stereocenters. The number of rotatable bonds is 5. The predicted octanol–water partition coefficient (Wildman–Crippen LogP) is 2.07. The number of carbonyl (C=O) groups is 1. The van der Waals surface area contributed by atoms with Crippen molar-refractivity contribution in [3.63, 3.8) is 0 Å². The van der Waals surface area contributed by atoms with Crippen LogP contribution in [0.15, 0.2) is 18.2 Å². The SMILES string of the molecule is CCN(c1ccc(C(=O)O)cc1N)S(=O)(=O)C1CCCC1. The summed E-state index contributed by atoms with van der Waals surface area (Å²) in [5.41, 5.74) is 6.43. The summed E-state index contributed by atoms with van der Waals surface area (Å²) in [6, 6.07) is 4.14. The highest BCUT2D eigenvalue weighted by Gasteiger charge is 2.34. The molecule has 1 aliphatic carbocycles. The van der Waals surface area contributed by atoms with Gasteiger partial charge in [-0.2, -0.15) is 0 Å². The second-order valence-electron chi connectivity index (χ2n) is 5.19. The van der Waals surface area contributed by atoms with Crippen LogP contribution in [0.25, 0.3) is 0 Å². The van der Waals surface area contributed by atoms with Gasteiger partial charge in [-0.15, -0.1) is 0 Å². The minimum Gasteiger partial charge on any atom is -0.478 e. The van der Waals surface area contributed by atoms with Gasteiger partial charge in [-0.05, 0) is 38.0 Å². The van der Waals surface area contributed by atoms with E-state index in [1.165, 1.54) is 22.5 Å². The van der Waals surface area contributed by atoms with E-state index in [-0.39, 0.29) is 23.0 Å². The highest BCUT2D eigenvalue weighted by molar-refractivity contribution is 7.93. The first-order valence-electron chi connectivity index (χ1n) is 7.02. The van der Waals surface area contributed by atoms with E-state index in [4.69, 9.17) is 10.8 Å². The highest BCUT2D eigenvalue weighted by atomic mass is 32.2. The molecule has 7 heteroatoms. The molecule has 6 nitrogen and oxygen atoms in total. The van der Waals surface area contributed by atoms with Gasteiger partial charge in [0.15, 0.2) is 0 Å². The van der Waals surface area contributed by atoms with Crippen LogP contribution in [0.1, 0.15) is 43.0 Å². The summed E-state index contributed by atoms with van der Waals surface area (Å²) in [4.78, 5) is 10.9. The highest BCUT2D eigenvalue weighted by Crippen LogP contribution is 2.33. The average molecular weight is 312 g/mol. The van der Waals surface area contributed by atoms with E-state index in [0.29, 0.717) is 18.5 Å². The number of nitrogens with two attached hydrogens (primary N) is 1. The molecule has 0 spiro atoms. The van der Waals surface area contributed by atoms with Crippen molar-refractivity contribution in [2.24, 2.45) is 0 Å². The monoisotopic (exact) mass is 312 g/mol. The van der Waals surface area contributed by atoms with Crippen molar-refractivity contribution in [1.82, 2.24) is 0 Å². The summed E-state index contributed by atoms with van der Waals surface area (Å²) in [5.74, 6) is -1.09. The molecule has 1 saturated carbocycles. The fourth-order valence-corrected chi connectivity index (χ4v) is 4.86. The van der Waals surface area contributed by atoms with E-state index in [2.05, 4.69) is 0 Å². The minimum atomic E-state index is -3.45. The lowest BCUT2D eigenvalue weighted by atomic mass is 10.2. The molecule has 21 heavy (non-hydrogen) atoms. The summed E-state index contributed by atoms with van der Waals surface area (Å²) in [5, 5.41) is 8.58. The number of nitrogen functional groups attached to an aromatic ring is 1. The molecule has 1 fully saturated rings. The third-order valence-corrected chi connectivity index (χ3v) is 6.24. The van der Waals surface area contributed by atoms with Crippen molar-refractivity contribution in [3.8, 4) is 0 Å². The topological polar surface area (TPSA) is 101 Å². The summed E-state index contributed by atoms with van der Waals surface area (Å²) in [7, 11) is -3.45. The fraction of sp³-hybridized carbons (Fsp3) is 0.500. The van der Waals surface area contributed by atoms with Crippen molar-refractivity contribution in [1.29, 1.82) is 0 Å². The van der Waals surface area contributed by atoms with Gasteiger partial charge in [0.25, 0.3) is 0 Å². The first-order chi connectivity index (χ1) is 9.87. The summed E-state index contributed by atoms with van der Waals surface area (Å²) in [6.45, 7) is 2.02. The fourth-order valence-electron chi connectivity index (χ4n) is 2.77. The Hall–Kier alpha value is -1.76. The summed E-state index contributed by atoms with van der Waals surface area (Å²) in [6.07, 6.45) is 3.20. The van der Waals surface area contributed by atoms with E-state index < -0.39 is 16.0 Å². The number of aromatic carboxylic acids is 1. The molecule has 0 aromatic heterocycles. The van der Waals surface area contributed by atoms with Gasteiger partial charge in [0.2, 0.25) is 10.0 Å². The maximum Gasteiger partial charge on any atom is 0.335 e. The Morgan fingerprint density at radius 3 is 2.48 bits per heavy atom. The van der Waals surface area contributed by atoms with Crippen molar-refractivity contribution < 1.29 is 18.3 Å². The molecule has 2 rings (SSSR count). The van der Waals surface area contributed by atoms with Crippen LogP contribution in [0.2, 0.25) is 0 Å². The van der Waals surface area contributed by atoms with Crippen molar-refractivity contribution in [2.75, 3.05) is 16.6 Å². The standard InChI is InChI=1S/C14H20N2O4S/c1-2-16(21(19,20)11-5-3-4-6-11)13-8-7-10(14(17)18)9-12(13)15/h7-9,11H,2-6,15H2,1H3,(H,17,18). The zero-order chi connectivity index (χ0) is 15.6. The first kappa shape index (κ1) is 15.6. The zero-order valence-electron chi connectivity index (χ0n) is 11.9. The van der Waals surface area contributed by atoms with Gasteiger partial charge >= 0.3 is 5.97 Å². The largest absolute Gasteiger partial charge is 0.478 e. The molecular formula is C14H20N2O4S. The number of benzene rings is 1. The summed E-state index contributed by atoms with van der Waals surface area (Å²) < 4.78 is 26.7. The molecule has 0 bridgehead atoms. The summed E-state index contributed by atoms with van der Waals surface area (Å²) >= 11 is 0. The molecule has 1 aromatic carbocycles. The first-order valence-corrected chi connectivity index (χ1v) is 8.52. The van der Waals surface area contributed by atoms with E-state index in [1.54, 1.807) is 6.92 Å². The van der Waals surface area contributed by atoms with Crippen molar-refractivity contribution in [2.45, 2.75) is 37.9 Å². The van der Waals surface area contributed by atoms with Crippen LogP contribution in [0.3, 0.4) is 0 Å². The van der Waals surface area contributed by atoms with Crippen LogP contribution < -0.4 is 10.0 Å². The van der Waals surface area contributed by atoms with Crippen molar-refractivity contribution in [3.05, 3.63) is 23.8 Å². The van der Waals surface area contributed by atoms with Gasteiger partial charge in [0, 0.05) is 6.54 Å². The van der Waals surface area contributed by atoms with E-state index in [9.17, 15) is 13.2 Å². The molecule has 0 heterocycles. The Labute approximate surface area is 124 Å². The third kappa shape index (κ3) is 2.97. The number of nitrogens with zero attached hydrogens (tertiary/aromatic N) is 1. The maximum absolute atomic E-state index is 12.7. The van der Waals surface area contributed by atoms with Crippen LogP contribution in [-0.2, 0) is 10.0 Å². The lowest BCUT2D eigenvalue weighted by Gasteiger charge is -2.27. The van der Waals surface area contributed by atoms with E-state index in [0.717, 1.165) is 12.8 Å². The molecule has 1 aromatic rings. The number of sulfonamides is 1. The van der Waals surface area contributed by atoms with Crippen LogP contribution in [-0.4, -0.2) is 31.3 Å². The number of carboxylic acid groups (broad SMARTS) is 1. The molecule has 1 aliphatic rings. The lowest BCUT2D eigenvalue weighted by molar-refractivity contribution is 0.0697. The maximum atomic E-state index is 12.7. The van der Waals surface area contributed by atoms with Crippen LogP contribution >= 0.6 is 0 Å². The van der Waals surface area contributed by atoms with Gasteiger partial charge in [0.1, 0.15) is 0 Å². The van der Waals surface area contributed by atoms with E-state index in [1.807, 2.05) is 0 Å². The molecule has 3 N–H and O–H groups in total. The Balaban J connectivity index is 2.39. The van der Waals surface area contributed by atoms with Gasteiger partial charge < -0.3 is 10.8 Å². The molecule has 0 amide bonds. The van der Waals surface area contributed by atoms with Gasteiger partial charge in [-0.25, -0.2) is 13.2 Å². The normalized spacial score (nSPS) is 16.0. The Bertz CT molecular complexity index is 636. The second kappa shape index (κ2) is 5.93. The number of anilines is 2. The predicted molar refractivity (Wildman–Crippen MR) is 82.0 cm³/mol. The number of hydrogen-bond acceptors (Lipinski definition) is 4. The Morgan fingerprint density at radius 2 is 2.00 bits per heavy atom. The molecule has 0 radical (unpaired) electrons. The van der Waals surface area contributed by atoms with Crippen molar-refractivity contribution >= 4 is 27.4 Å². The molecule has 0 saturated heterocycles. The van der Waals surface area contributed by atoms with Gasteiger partial charge in [-0.3, -0.25) is 4.31 Å². The van der Waals surface area contributed by atoms with Gasteiger partial charge in [0.05, 0.1) is 22.2 Å². The van der Waals surface area contributed by atoms with Crippen LogP contribution in [0.4, 0.5) is 11.4 Å². The quantitative estimate of drug-likeness (QED) is 0.811. The van der Waals surface area contributed by atoms with Crippen LogP contribution in [0.5, 0.6) is 0 Å². The Kier molecular flexibility index (Phi) is 4.41. The lowest BCUT2D eigenvalue weighted by Crippen LogP contribution is -2.38. The number of hydrogen-bond donors (Lipinski definition) is 2. The van der Waals surface area contributed by atoms with Crippen LogP contribution in [0, 0.1) is 0 Å². The molecule has 0 aliphatic heterocycles. The number of carboxylic acids is 1. The molecule has 116 valence electrons.